The van der Waals surface area contributed by atoms with Gasteiger partial charge in [0.1, 0.15) is 0 Å². The van der Waals surface area contributed by atoms with E-state index in [1.165, 1.54) is 0 Å². The molecule has 0 unspecified atom stereocenters. The van der Waals surface area contributed by atoms with Crippen LogP contribution in [-0.4, -0.2) is 63.9 Å². The fraction of sp³-hybridized carbons (Fsp3) is 0.909. The second-order valence-corrected chi connectivity index (χ2v) is 3.84. The topological polar surface area (TPSA) is 50.8 Å². The third kappa shape index (κ3) is 6.76. The molecule has 16 heavy (non-hydrogen) atoms. The molecule has 0 fully saturated rings. The Morgan fingerprint density at radius 1 is 1.25 bits per heavy atom. The lowest BCUT2D eigenvalue weighted by molar-refractivity contribution is -0.132. The van der Waals surface area contributed by atoms with E-state index < -0.39 is 0 Å². The van der Waals surface area contributed by atoms with Crippen molar-refractivity contribution in [2.24, 2.45) is 0 Å². The summed E-state index contributed by atoms with van der Waals surface area (Å²) in [5.41, 5.74) is 0. The number of ether oxygens (including phenoxy) is 2. The van der Waals surface area contributed by atoms with Crippen molar-refractivity contribution < 1.29 is 14.3 Å². The third-order valence-electron chi connectivity index (χ3n) is 2.24. The lowest BCUT2D eigenvalue weighted by atomic mass is 10.3. The van der Waals surface area contributed by atoms with Crippen LogP contribution in [0.3, 0.4) is 0 Å². The molecule has 0 saturated heterocycles. The zero-order valence-electron chi connectivity index (χ0n) is 10.8. The maximum absolute atomic E-state index is 11.8. The van der Waals surface area contributed by atoms with Gasteiger partial charge < -0.3 is 19.7 Å². The molecule has 5 nitrogen and oxygen atoms in total. The Morgan fingerprint density at radius 2 is 1.88 bits per heavy atom. The van der Waals surface area contributed by atoms with E-state index in [0.29, 0.717) is 32.8 Å². The normalized spacial score (nSPS) is 10.8. The van der Waals surface area contributed by atoms with Gasteiger partial charge in [0.2, 0.25) is 5.91 Å². The highest BCUT2D eigenvalue weighted by Gasteiger charge is 2.15. The predicted molar refractivity (Wildman–Crippen MR) is 63.5 cm³/mol. The van der Waals surface area contributed by atoms with Gasteiger partial charge in [0, 0.05) is 33.4 Å². The zero-order chi connectivity index (χ0) is 12.4. The molecule has 0 aliphatic carbocycles. The molecule has 0 aliphatic rings. The van der Waals surface area contributed by atoms with E-state index in [9.17, 15) is 4.79 Å². The van der Waals surface area contributed by atoms with Crippen LogP contribution in [-0.2, 0) is 14.3 Å². The zero-order valence-corrected chi connectivity index (χ0v) is 10.8. The molecule has 0 radical (unpaired) electrons. The van der Waals surface area contributed by atoms with Gasteiger partial charge in [0.05, 0.1) is 19.8 Å². The minimum atomic E-state index is 0.100. The van der Waals surface area contributed by atoms with Crippen molar-refractivity contribution >= 4 is 5.91 Å². The van der Waals surface area contributed by atoms with Crippen LogP contribution in [0.2, 0.25) is 0 Å². The second-order valence-electron chi connectivity index (χ2n) is 3.84. The minimum absolute atomic E-state index is 0.100. The van der Waals surface area contributed by atoms with Gasteiger partial charge in [0.25, 0.3) is 0 Å². The Labute approximate surface area is 98.1 Å². The molecule has 0 spiro atoms. The molecule has 0 saturated carbocycles. The molecule has 0 aromatic carbocycles. The van der Waals surface area contributed by atoms with Crippen molar-refractivity contribution in [1.29, 1.82) is 0 Å². The van der Waals surface area contributed by atoms with Crippen molar-refractivity contribution in [3.8, 4) is 0 Å². The molecule has 0 bridgehead atoms. The molecule has 5 heteroatoms. The molecule has 0 aromatic rings. The number of nitrogens with one attached hydrogen (secondary N) is 1. The summed E-state index contributed by atoms with van der Waals surface area (Å²) < 4.78 is 9.87. The number of carbonyl (C=O) groups is 1. The van der Waals surface area contributed by atoms with Gasteiger partial charge >= 0.3 is 0 Å². The van der Waals surface area contributed by atoms with Crippen LogP contribution in [0.25, 0.3) is 0 Å². The lowest BCUT2D eigenvalue weighted by Crippen LogP contribution is -2.44. The standard InChI is InChI=1S/C11H24N2O3/c1-10(2)13(6-8-16-4)11(14)9-12-5-7-15-3/h10,12H,5-9H2,1-4H3. The van der Waals surface area contributed by atoms with E-state index in [0.717, 1.165) is 0 Å². The summed E-state index contributed by atoms with van der Waals surface area (Å²) in [4.78, 5) is 13.6. The summed E-state index contributed by atoms with van der Waals surface area (Å²) in [6.45, 7) is 6.88. The molecule has 0 atom stereocenters. The van der Waals surface area contributed by atoms with E-state index in [-0.39, 0.29) is 11.9 Å². The van der Waals surface area contributed by atoms with Crippen molar-refractivity contribution in [1.82, 2.24) is 10.2 Å². The SMILES string of the molecule is COCCNCC(=O)N(CCOC)C(C)C. The first-order valence-corrected chi connectivity index (χ1v) is 5.61. The highest BCUT2D eigenvalue weighted by molar-refractivity contribution is 5.78. The van der Waals surface area contributed by atoms with Crippen LogP contribution in [0.1, 0.15) is 13.8 Å². The number of hydrogen-bond donors (Lipinski definition) is 1. The van der Waals surface area contributed by atoms with Gasteiger partial charge in [-0.1, -0.05) is 0 Å². The summed E-state index contributed by atoms with van der Waals surface area (Å²) in [7, 11) is 3.28. The Morgan fingerprint density at radius 3 is 2.38 bits per heavy atom. The van der Waals surface area contributed by atoms with Crippen molar-refractivity contribution in [2.45, 2.75) is 19.9 Å². The average Bonchev–Trinajstić information content (AvgIpc) is 2.24. The number of carbonyl (C=O) groups excluding carboxylic acids is 1. The van der Waals surface area contributed by atoms with Crippen molar-refractivity contribution in [3.05, 3.63) is 0 Å². The quantitative estimate of drug-likeness (QED) is 0.573. The fourth-order valence-corrected chi connectivity index (χ4v) is 1.33. The van der Waals surface area contributed by atoms with Gasteiger partial charge in [-0.15, -0.1) is 0 Å². The van der Waals surface area contributed by atoms with Crippen LogP contribution in [0.5, 0.6) is 0 Å². The van der Waals surface area contributed by atoms with Crippen molar-refractivity contribution in [3.63, 3.8) is 0 Å². The molecule has 1 N–H and O–H groups in total. The average molecular weight is 232 g/mol. The van der Waals surface area contributed by atoms with Crippen LogP contribution >= 0.6 is 0 Å². The highest BCUT2D eigenvalue weighted by atomic mass is 16.5. The van der Waals surface area contributed by atoms with Crippen LogP contribution in [0.15, 0.2) is 0 Å². The minimum Gasteiger partial charge on any atom is -0.383 e. The molecular formula is C11H24N2O3. The predicted octanol–water partition coefficient (Wildman–Crippen LogP) is 0.106. The van der Waals surface area contributed by atoms with E-state index in [1.807, 2.05) is 18.7 Å². The van der Waals surface area contributed by atoms with E-state index in [2.05, 4.69) is 5.32 Å². The summed E-state index contributed by atoms with van der Waals surface area (Å²) in [6.07, 6.45) is 0. The fourth-order valence-electron chi connectivity index (χ4n) is 1.33. The Hall–Kier alpha value is -0.650. The molecule has 1 amide bonds. The van der Waals surface area contributed by atoms with Crippen LogP contribution in [0.4, 0.5) is 0 Å². The summed E-state index contributed by atoms with van der Waals surface area (Å²) in [6, 6.07) is 0.201. The van der Waals surface area contributed by atoms with E-state index in [1.54, 1.807) is 14.2 Å². The molecule has 0 aliphatic heterocycles. The Kier molecular flexibility index (Phi) is 9.18. The number of rotatable bonds is 9. The number of hydrogen-bond acceptors (Lipinski definition) is 4. The van der Waals surface area contributed by atoms with Crippen molar-refractivity contribution in [2.75, 3.05) is 47.1 Å². The van der Waals surface area contributed by atoms with Gasteiger partial charge in [0.15, 0.2) is 0 Å². The maximum Gasteiger partial charge on any atom is 0.236 e. The van der Waals surface area contributed by atoms with E-state index >= 15 is 0 Å². The van der Waals surface area contributed by atoms with Crippen LogP contribution in [0, 0.1) is 0 Å². The monoisotopic (exact) mass is 232 g/mol. The van der Waals surface area contributed by atoms with Gasteiger partial charge in [-0.2, -0.15) is 0 Å². The summed E-state index contributed by atoms with van der Waals surface area (Å²) >= 11 is 0. The van der Waals surface area contributed by atoms with Gasteiger partial charge in [-0.25, -0.2) is 0 Å². The first kappa shape index (κ1) is 15.3. The van der Waals surface area contributed by atoms with Gasteiger partial charge in [-0.05, 0) is 13.8 Å². The molecular weight excluding hydrogens is 208 g/mol. The lowest BCUT2D eigenvalue weighted by Gasteiger charge is -2.26. The second kappa shape index (κ2) is 9.57. The maximum atomic E-state index is 11.8. The van der Waals surface area contributed by atoms with E-state index in [4.69, 9.17) is 9.47 Å². The molecule has 0 aromatic heterocycles. The Bertz CT molecular complexity index is 186. The number of nitrogens with zero attached hydrogens (tertiary/aromatic N) is 1. The van der Waals surface area contributed by atoms with Crippen LogP contribution < -0.4 is 5.32 Å². The summed E-state index contributed by atoms with van der Waals surface area (Å²) in [5.74, 6) is 0.100. The molecule has 0 heterocycles. The first-order valence-electron chi connectivity index (χ1n) is 5.61. The third-order valence-corrected chi connectivity index (χ3v) is 2.24. The number of methoxy groups -OCH3 is 2. The summed E-state index contributed by atoms with van der Waals surface area (Å²) in [5, 5.41) is 3.04. The molecule has 96 valence electrons. The first-order chi connectivity index (χ1) is 7.63. The Balaban J connectivity index is 3.87. The number of amides is 1. The smallest absolute Gasteiger partial charge is 0.236 e. The largest absolute Gasteiger partial charge is 0.383 e. The molecule has 0 rings (SSSR count). The highest BCUT2D eigenvalue weighted by Crippen LogP contribution is 1.98. The van der Waals surface area contributed by atoms with Gasteiger partial charge in [-0.3, -0.25) is 4.79 Å².